The summed E-state index contributed by atoms with van der Waals surface area (Å²) in [6.45, 7) is 0. The molecule has 1 heterocycles. The van der Waals surface area contributed by atoms with Gasteiger partial charge < -0.3 is 10.5 Å². The number of hydrogen-bond acceptors (Lipinski definition) is 4. The average molecular weight is 366 g/mol. The van der Waals surface area contributed by atoms with Crippen LogP contribution in [0, 0.1) is 5.82 Å². The number of anilines is 1. The van der Waals surface area contributed by atoms with Gasteiger partial charge in [0.2, 0.25) is 5.95 Å². The monoisotopic (exact) mass is 366 g/mol. The standard InChI is InChI=1S/C17H14F4N4O/c1-26-11-4-2-10(3-5-11)15-12(17(19,20)21)6-9(7-13(15)18)8-14-23-16(22)25-24-14/h2-7H,8H2,1H3,(H3,22,23,24,25). The molecule has 0 fully saturated rings. The molecule has 136 valence electrons. The number of nitrogens with two attached hydrogens (primary N) is 1. The van der Waals surface area contributed by atoms with E-state index in [4.69, 9.17) is 10.5 Å². The number of nitrogens with one attached hydrogen (secondary N) is 1. The second-order valence-electron chi connectivity index (χ2n) is 5.54. The van der Waals surface area contributed by atoms with Crippen molar-refractivity contribution in [3.05, 3.63) is 59.2 Å². The van der Waals surface area contributed by atoms with Gasteiger partial charge in [-0.05, 0) is 35.4 Å². The molecule has 0 aliphatic carbocycles. The van der Waals surface area contributed by atoms with Gasteiger partial charge in [-0.15, -0.1) is 5.10 Å². The van der Waals surface area contributed by atoms with Crippen LogP contribution in [0.3, 0.4) is 0 Å². The molecule has 0 aliphatic rings. The molecule has 1 aromatic heterocycles. The Labute approximate surface area is 145 Å². The van der Waals surface area contributed by atoms with Crippen molar-refractivity contribution < 1.29 is 22.3 Å². The van der Waals surface area contributed by atoms with Crippen LogP contribution in [0.15, 0.2) is 36.4 Å². The zero-order valence-electron chi connectivity index (χ0n) is 13.6. The summed E-state index contributed by atoms with van der Waals surface area (Å²) in [6, 6.07) is 7.65. The highest BCUT2D eigenvalue weighted by molar-refractivity contribution is 5.70. The molecule has 3 rings (SSSR count). The van der Waals surface area contributed by atoms with E-state index in [1.165, 1.54) is 31.4 Å². The fourth-order valence-corrected chi connectivity index (χ4v) is 2.62. The van der Waals surface area contributed by atoms with E-state index >= 15 is 0 Å². The van der Waals surface area contributed by atoms with Crippen LogP contribution in [0.1, 0.15) is 17.0 Å². The van der Waals surface area contributed by atoms with Gasteiger partial charge in [0, 0.05) is 12.0 Å². The highest BCUT2D eigenvalue weighted by Gasteiger charge is 2.35. The van der Waals surface area contributed by atoms with Gasteiger partial charge in [-0.2, -0.15) is 18.2 Å². The van der Waals surface area contributed by atoms with Crippen molar-refractivity contribution in [3.63, 3.8) is 0 Å². The van der Waals surface area contributed by atoms with E-state index in [-0.39, 0.29) is 29.3 Å². The molecule has 26 heavy (non-hydrogen) atoms. The molecule has 0 atom stereocenters. The second-order valence-corrected chi connectivity index (χ2v) is 5.54. The molecule has 5 nitrogen and oxygen atoms in total. The van der Waals surface area contributed by atoms with Crippen LogP contribution >= 0.6 is 0 Å². The molecule has 3 aromatic rings. The van der Waals surface area contributed by atoms with Gasteiger partial charge in [-0.3, -0.25) is 5.10 Å². The van der Waals surface area contributed by atoms with Crippen molar-refractivity contribution in [2.45, 2.75) is 12.6 Å². The number of rotatable bonds is 4. The lowest BCUT2D eigenvalue weighted by molar-refractivity contribution is -0.137. The van der Waals surface area contributed by atoms with E-state index in [1.807, 2.05) is 0 Å². The van der Waals surface area contributed by atoms with E-state index in [9.17, 15) is 17.6 Å². The first kappa shape index (κ1) is 17.7. The summed E-state index contributed by atoms with van der Waals surface area (Å²) >= 11 is 0. The number of aromatic nitrogens is 3. The number of halogens is 4. The van der Waals surface area contributed by atoms with Gasteiger partial charge >= 0.3 is 6.18 Å². The molecule has 0 aliphatic heterocycles. The van der Waals surface area contributed by atoms with Crippen molar-refractivity contribution in [2.24, 2.45) is 0 Å². The summed E-state index contributed by atoms with van der Waals surface area (Å²) in [4.78, 5) is 3.82. The van der Waals surface area contributed by atoms with E-state index in [1.54, 1.807) is 0 Å². The first-order valence-corrected chi connectivity index (χ1v) is 7.48. The number of ether oxygens (including phenoxy) is 1. The molecular formula is C17H14F4N4O. The fourth-order valence-electron chi connectivity index (χ4n) is 2.62. The van der Waals surface area contributed by atoms with Crippen molar-refractivity contribution in [3.8, 4) is 16.9 Å². The Morgan fingerprint density at radius 3 is 2.38 bits per heavy atom. The summed E-state index contributed by atoms with van der Waals surface area (Å²) < 4.78 is 60.2. The summed E-state index contributed by atoms with van der Waals surface area (Å²) in [5.74, 6) is -0.312. The Bertz CT molecular complexity index is 920. The lowest BCUT2D eigenvalue weighted by Gasteiger charge is -2.16. The van der Waals surface area contributed by atoms with Crippen LogP contribution < -0.4 is 10.5 Å². The molecule has 0 radical (unpaired) electrons. The van der Waals surface area contributed by atoms with Crippen LogP contribution in [0.4, 0.5) is 23.5 Å². The Hall–Kier alpha value is -3.10. The Morgan fingerprint density at radius 1 is 1.15 bits per heavy atom. The Morgan fingerprint density at radius 2 is 1.85 bits per heavy atom. The zero-order valence-corrected chi connectivity index (χ0v) is 13.6. The third-order valence-electron chi connectivity index (χ3n) is 3.75. The number of alkyl halides is 3. The first-order valence-electron chi connectivity index (χ1n) is 7.48. The molecule has 0 unspecified atom stereocenters. The lowest BCUT2D eigenvalue weighted by Crippen LogP contribution is -2.10. The van der Waals surface area contributed by atoms with Crippen LogP contribution in [-0.4, -0.2) is 22.3 Å². The predicted molar refractivity (Wildman–Crippen MR) is 87.0 cm³/mol. The molecule has 0 saturated carbocycles. The smallest absolute Gasteiger partial charge is 0.417 e. The topological polar surface area (TPSA) is 76.8 Å². The number of aromatic amines is 1. The van der Waals surface area contributed by atoms with Crippen molar-refractivity contribution in [2.75, 3.05) is 12.8 Å². The van der Waals surface area contributed by atoms with Gasteiger partial charge in [-0.25, -0.2) is 4.39 Å². The third kappa shape index (κ3) is 3.61. The number of hydrogen-bond donors (Lipinski definition) is 2. The second kappa shape index (κ2) is 6.66. The average Bonchev–Trinajstić information content (AvgIpc) is 2.98. The van der Waals surface area contributed by atoms with Gasteiger partial charge in [0.15, 0.2) is 0 Å². The van der Waals surface area contributed by atoms with Crippen molar-refractivity contribution in [1.82, 2.24) is 15.2 Å². The maximum Gasteiger partial charge on any atom is 0.417 e. The largest absolute Gasteiger partial charge is 0.497 e. The first-order chi connectivity index (χ1) is 12.3. The van der Waals surface area contributed by atoms with Crippen LogP contribution in [0.25, 0.3) is 11.1 Å². The van der Waals surface area contributed by atoms with Gasteiger partial charge in [0.25, 0.3) is 0 Å². The summed E-state index contributed by atoms with van der Waals surface area (Å²) in [5.41, 5.74) is 3.99. The minimum Gasteiger partial charge on any atom is -0.497 e. The number of nitrogens with zero attached hydrogens (tertiary/aromatic N) is 2. The Kier molecular flexibility index (Phi) is 4.54. The van der Waals surface area contributed by atoms with E-state index < -0.39 is 23.1 Å². The van der Waals surface area contributed by atoms with Gasteiger partial charge in [0.1, 0.15) is 17.4 Å². The number of H-pyrrole nitrogens is 1. The van der Waals surface area contributed by atoms with Gasteiger partial charge in [0.05, 0.1) is 12.7 Å². The SMILES string of the molecule is COc1ccc(-c2c(F)cc(Cc3nc(N)n[nH]3)cc2C(F)(F)F)cc1. The summed E-state index contributed by atoms with van der Waals surface area (Å²) in [5, 5.41) is 6.09. The molecule has 0 bridgehead atoms. The third-order valence-corrected chi connectivity index (χ3v) is 3.75. The van der Waals surface area contributed by atoms with Crippen molar-refractivity contribution in [1.29, 1.82) is 0 Å². The highest BCUT2D eigenvalue weighted by Crippen LogP contribution is 2.40. The predicted octanol–water partition coefficient (Wildman–Crippen LogP) is 3.81. The van der Waals surface area contributed by atoms with Crippen LogP contribution in [0.2, 0.25) is 0 Å². The van der Waals surface area contributed by atoms with E-state index in [0.29, 0.717) is 5.75 Å². The van der Waals surface area contributed by atoms with Crippen LogP contribution in [-0.2, 0) is 12.6 Å². The van der Waals surface area contributed by atoms with Gasteiger partial charge in [-0.1, -0.05) is 12.1 Å². The Balaban J connectivity index is 2.08. The maximum atomic E-state index is 14.6. The zero-order chi connectivity index (χ0) is 18.9. The van der Waals surface area contributed by atoms with Crippen molar-refractivity contribution >= 4 is 5.95 Å². The molecule has 3 N–H and O–H groups in total. The van der Waals surface area contributed by atoms with E-state index in [2.05, 4.69) is 15.2 Å². The summed E-state index contributed by atoms with van der Waals surface area (Å²) in [7, 11) is 1.43. The minimum absolute atomic E-state index is 0.0358. The molecule has 2 aromatic carbocycles. The molecular weight excluding hydrogens is 352 g/mol. The number of methoxy groups -OCH3 is 1. The molecule has 0 spiro atoms. The maximum absolute atomic E-state index is 14.6. The highest BCUT2D eigenvalue weighted by atomic mass is 19.4. The summed E-state index contributed by atoms with van der Waals surface area (Å²) in [6.07, 6.45) is -4.79. The number of nitrogen functional groups attached to an aromatic ring is 1. The normalized spacial score (nSPS) is 11.6. The van der Waals surface area contributed by atoms with Crippen LogP contribution in [0.5, 0.6) is 5.75 Å². The molecule has 9 heteroatoms. The lowest BCUT2D eigenvalue weighted by atomic mass is 9.95. The quantitative estimate of drug-likeness (QED) is 0.689. The van der Waals surface area contributed by atoms with E-state index in [0.717, 1.165) is 12.1 Å². The molecule has 0 amide bonds. The number of benzene rings is 2. The fraction of sp³-hybridized carbons (Fsp3) is 0.176. The molecule has 0 saturated heterocycles. The minimum atomic E-state index is -4.73.